The molecule has 3 nitrogen and oxygen atoms in total. The van der Waals surface area contributed by atoms with E-state index in [9.17, 15) is 4.79 Å². The summed E-state index contributed by atoms with van der Waals surface area (Å²) < 4.78 is 5.40. The zero-order chi connectivity index (χ0) is 9.90. The van der Waals surface area contributed by atoms with Crippen LogP contribution in [0.4, 0.5) is 0 Å². The van der Waals surface area contributed by atoms with Gasteiger partial charge < -0.3 is 4.74 Å². The molecule has 0 aliphatic carbocycles. The summed E-state index contributed by atoms with van der Waals surface area (Å²) in [5.74, 6) is 0.266. The predicted octanol–water partition coefficient (Wildman–Crippen LogP) is 1.08. The van der Waals surface area contributed by atoms with Crippen LogP contribution in [0.5, 0.6) is 0 Å². The van der Waals surface area contributed by atoms with Gasteiger partial charge in [0.1, 0.15) is 5.78 Å². The summed E-state index contributed by atoms with van der Waals surface area (Å²) in [5.41, 5.74) is 0.0910. The SMILES string of the molecule is CC(=O)CCN1CCOCC1(C)C. The lowest BCUT2D eigenvalue weighted by Gasteiger charge is -2.42. The molecule has 76 valence electrons. The van der Waals surface area contributed by atoms with Gasteiger partial charge in [-0.2, -0.15) is 0 Å². The lowest BCUT2D eigenvalue weighted by Crippen LogP contribution is -2.53. The van der Waals surface area contributed by atoms with Crippen LogP contribution in [-0.2, 0) is 9.53 Å². The minimum absolute atomic E-state index is 0.0910. The molecule has 1 heterocycles. The molecule has 0 unspecified atom stereocenters. The van der Waals surface area contributed by atoms with Crippen LogP contribution in [0.15, 0.2) is 0 Å². The number of hydrogen-bond donors (Lipinski definition) is 0. The molecule has 0 saturated carbocycles. The molecular weight excluding hydrogens is 166 g/mol. The fourth-order valence-electron chi connectivity index (χ4n) is 1.60. The summed E-state index contributed by atoms with van der Waals surface area (Å²) in [7, 11) is 0. The second kappa shape index (κ2) is 4.20. The summed E-state index contributed by atoms with van der Waals surface area (Å²) in [4.78, 5) is 13.2. The molecule has 1 saturated heterocycles. The number of ether oxygens (including phenoxy) is 1. The van der Waals surface area contributed by atoms with Crippen LogP contribution in [0, 0.1) is 0 Å². The van der Waals surface area contributed by atoms with Gasteiger partial charge in [0.25, 0.3) is 0 Å². The average Bonchev–Trinajstić information content (AvgIpc) is 2.01. The van der Waals surface area contributed by atoms with E-state index in [0.717, 1.165) is 26.3 Å². The first-order valence-electron chi connectivity index (χ1n) is 4.84. The molecule has 0 aromatic carbocycles. The van der Waals surface area contributed by atoms with Crippen LogP contribution in [0.1, 0.15) is 27.2 Å². The minimum Gasteiger partial charge on any atom is -0.378 e. The number of morpholine rings is 1. The van der Waals surface area contributed by atoms with Gasteiger partial charge in [-0.05, 0) is 20.8 Å². The van der Waals surface area contributed by atoms with E-state index in [2.05, 4.69) is 18.7 Å². The maximum absolute atomic E-state index is 10.8. The van der Waals surface area contributed by atoms with Crippen LogP contribution in [0.2, 0.25) is 0 Å². The van der Waals surface area contributed by atoms with Gasteiger partial charge >= 0.3 is 0 Å². The monoisotopic (exact) mass is 185 g/mol. The first kappa shape index (κ1) is 10.7. The third-order valence-electron chi connectivity index (χ3n) is 2.55. The lowest BCUT2D eigenvalue weighted by atomic mass is 10.0. The number of nitrogens with zero attached hydrogens (tertiary/aromatic N) is 1. The highest BCUT2D eigenvalue weighted by atomic mass is 16.5. The summed E-state index contributed by atoms with van der Waals surface area (Å²) in [6.45, 7) is 9.34. The Bertz CT molecular complexity index is 189. The summed E-state index contributed by atoms with van der Waals surface area (Å²) in [6.07, 6.45) is 0.656. The lowest BCUT2D eigenvalue weighted by molar-refractivity contribution is -0.118. The summed E-state index contributed by atoms with van der Waals surface area (Å²) in [5, 5.41) is 0. The highest BCUT2D eigenvalue weighted by Gasteiger charge is 2.29. The zero-order valence-electron chi connectivity index (χ0n) is 8.80. The first-order chi connectivity index (χ1) is 6.02. The Morgan fingerprint density at radius 3 is 2.77 bits per heavy atom. The molecular formula is C10H19NO2. The van der Waals surface area contributed by atoms with E-state index >= 15 is 0 Å². The minimum atomic E-state index is 0.0910. The topological polar surface area (TPSA) is 29.5 Å². The first-order valence-corrected chi connectivity index (χ1v) is 4.84. The van der Waals surface area contributed by atoms with Gasteiger partial charge in [-0.1, -0.05) is 0 Å². The Hall–Kier alpha value is -0.410. The maximum Gasteiger partial charge on any atom is 0.131 e. The number of Topliss-reactive ketones (excluding diaryl/α,β-unsaturated/α-hetero) is 1. The molecule has 13 heavy (non-hydrogen) atoms. The Kier molecular flexibility index (Phi) is 3.45. The largest absolute Gasteiger partial charge is 0.378 e. The van der Waals surface area contributed by atoms with E-state index < -0.39 is 0 Å². The highest BCUT2D eigenvalue weighted by Crippen LogP contribution is 2.18. The second-order valence-electron chi connectivity index (χ2n) is 4.30. The molecule has 0 atom stereocenters. The van der Waals surface area contributed by atoms with Gasteiger partial charge in [0.2, 0.25) is 0 Å². The number of carbonyl (C=O) groups excluding carboxylic acids is 1. The molecule has 1 rings (SSSR count). The number of rotatable bonds is 3. The van der Waals surface area contributed by atoms with Gasteiger partial charge in [-0.25, -0.2) is 0 Å². The van der Waals surface area contributed by atoms with Crippen molar-refractivity contribution in [3.05, 3.63) is 0 Å². The van der Waals surface area contributed by atoms with Crippen molar-refractivity contribution in [2.24, 2.45) is 0 Å². The molecule has 0 bridgehead atoms. The second-order valence-corrected chi connectivity index (χ2v) is 4.30. The van der Waals surface area contributed by atoms with Gasteiger partial charge in [-0.15, -0.1) is 0 Å². The van der Waals surface area contributed by atoms with E-state index in [-0.39, 0.29) is 11.3 Å². The van der Waals surface area contributed by atoms with E-state index in [1.165, 1.54) is 0 Å². The third kappa shape index (κ3) is 3.08. The third-order valence-corrected chi connectivity index (χ3v) is 2.55. The Balaban J connectivity index is 2.41. The maximum atomic E-state index is 10.8. The predicted molar refractivity (Wildman–Crippen MR) is 51.8 cm³/mol. The van der Waals surface area contributed by atoms with Gasteiger partial charge in [0, 0.05) is 25.0 Å². The average molecular weight is 185 g/mol. The Labute approximate surface area is 80.1 Å². The van der Waals surface area contributed by atoms with Crippen LogP contribution >= 0.6 is 0 Å². The van der Waals surface area contributed by atoms with Crippen LogP contribution in [0.25, 0.3) is 0 Å². The van der Waals surface area contributed by atoms with Crippen molar-refractivity contribution in [2.75, 3.05) is 26.3 Å². The molecule has 1 aliphatic heterocycles. The van der Waals surface area contributed by atoms with Crippen LogP contribution in [-0.4, -0.2) is 42.5 Å². The number of ketones is 1. The van der Waals surface area contributed by atoms with Crippen molar-refractivity contribution in [1.82, 2.24) is 4.90 Å². The number of carbonyl (C=O) groups is 1. The summed E-state index contributed by atoms with van der Waals surface area (Å²) >= 11 is 0. The fraction of sp³-hybridized carbons (Fsp3) is 0.900. The van der Waals surface area contributed by atoms with Crippen molar-refractivity contribution in [2.45, 2.75) is 32.7 Å². The normalized spacial score (nSPS) is 23.0. The molecule has 1 aliphatic rings. The number of hydrogen-bond acceptors (Lipinski definition) is 3. The van der Waals surface area contributed by atoms with Crippen molar-refractivity contribution < 1.29 is 9.53 Å². The zero-order valence-corrected chi connectivity index (χ0v) is 8.80. The van der Waals surface area contributed by atoms with Crippen LogP contribution in [0.3, 0.4) is 0 Å². The molecule has 0 amide bonds. The van der Waals surface area contributed by atoms with Crippen molar-refractivity contribution >= 4 is 5.78 Å². The smallest absolute Gasteiger partial charge is 0.131 e. The Morgan fingerprint density at radius 1 is 1.54 bits per heavy atom. The fourth-order valence-corrected chi connectivity index (χ4v) is 1.60. The van der Waals surface area contributed by atoms with E-state index in [4.69, 9.17) is 4.74 Å². The summed E-state index contributed by atoms with van der Waals surface area (Å²) in [6, 6.07) is 0. The van der Waals surface area contributed by atoms with Gasteiger partial charge in [0.15, 0.2) is 0 Å². The molecule has 3 heteroatoms. The highest BCUT2D eigenvalue weighted by molar-refractivity contribution is 5.75. The van der Waals surface area contributed by atoms with Crippen molar-refractivity contribution in [3.63, 3.8) is 0 Å². The molecule has 0 radical (unpaired) electrons. The molecule has 0 aromatic rings. The van der Waals surface area contributed by atoms with E-state index in [1.54, 1.807) is 6.92 Å². The van der Waals surface area contributed by atoms with E-state index in [0.29, 0.717) is 6.42 Å². The van der Waals surface area contributed by atoms with Crippen LogP contribution < -0.4 is 0 Å². The van der Waals surface area contributed by atoms with E-state index in [1.807, 2.05) is 0 Å². The quantitative estimate of drug-likeness (QED) is 0.659. The standard InChI is InChI=1S/C10H19NO2/c1-9(12)4-5-11-6-7-13-8-10(11,2)3/h4-8H2,1-3H3. The molecule has 0 N–H and O–H groups in total. The Morgan fingerprint density at radius 2 is 2.23 bits per heavy atom. The van der Waals surface area contributed by atoms with Gasteiger partial charge in [-0.3, -0.25) is 9.69 Å². The molecule has 0 aromatic heterocycles. The molecule has 1 fully saturated rings. The van der Waals surface area contributed by atoms with Crippen molar-refractivity contribution in [1.29, 1.82) is 0 Å². The van der Waals surface area contributed by atoms with Gasteiger partial charge in [0.05, 0.1) is 13.2 Å². The van der Waals surface area contributed by atoms with Crippen molar-refractivity contribution in [3.8, 4) is 0 Å². The molecule has 0 spiro atoms.